The van der Waals surface area contributed by atoms with Crippen molar-refractivity contribution in [2.24, 2.45) is 0 Å². The van der Waals surface area contributed by atoms with Gasteiger partial charge >= 0.3 is 0 Å². The summed E-state index contributed by atoms with van der Waals surface area (Å²) in [5.74, 6) is 2.12. The second-order valence-electron chi connectivity index (χ2n) is 6.78. The largest absolute Gasteiger partial charge is 0.484 e. The lowest BCUT2D eigenvalue weighted by molar-refractivity contribution is -0.123. The van der Waals surface area contributed by atoms with Crippen LogP contribution in [0, 0.1) is 0 Å². The Bertz CT molecular complexity index is 775. The Hall–Kier alpha value is -2.73. The monoisotopic (exact) mass is 368 g/mol. The van der Waals surface area contributed by atoms with E-state index in [1.165, 1.54) is 12.8 Å². The van der Waals surface area contributed by atoms with E-state index in [2.05, 4.69) is 16.3 Å². The van der Waals surface area contributed by atoms with Crippen LogP contribution in [-0.2, 0) is 4.79 Å². The Balaban J connectivity index is 1.38. The summed E-state index contributed by atoms with van der Waals surface area (Å²) in [6.45, 7) is 2.89. The number of fused-ring (bicyclic) bond motifs is 1. The Morgan fingerprint density at radius 1 is 1.07 bits per heavy atom. The van der Waals surface area contributed by atoms with Gasteiger partial charge in [-0.25, -0.2) is 0 Å². The SMILES string of the molecule is O=C(COc1ccccc1)NCC(c1ccc2c(c1)OCO2)N1CCCC1. The molecule has 2 heterocycles. The maximum atomic E-state index is 12.3. The molecule has 0 bridgehead atoms. The van der Waals surface area contributed by atoms with E-state index in [1.807, 2.05) is 42.5 Å². The first-order valence-corrected chi connectivity index (χ1v) is 9.38. The van der Waals surface area contributed by atoms with E-state index < -0.39 is 0 Å². The van der Waals surface area contributed by atoms with E-state index in [1.54, 1.807) is 0 Å². The summed E-state index contributed by atoms with van der Waals surface area (Å²) in [6.07, 6.45) is 2.37. The molecule has 0 spiro atoms. The molecule has 1 atom stereocenters. The molecule has 6 heteroatoms. The number of carbonyl (C=O) groups excluding carboxylic acids is 1. The second-order valence-corrected chi connectivity index (χ2v) is 6.78. The number of carbonyl (C=O) groups is 1. The molecule has 1 saturated heterocycles. The first-order valence-electron chi connectivity index (χ1n) is 9.38. The highest BCUT2D eigenvalue weighted by atomic mass is 16.7. The zero-order valence-electron chi connectivity index (χ0n) is 15.2. The van der Waals surface area contributed by atoms with Gasteiger partial charge in [-0.1, -0.05) is 24.3 Å². The van der Waals surface area contributed by atoms with Crippen LogP contribution in [0.5, 0.6) is 17.2 Å². The van der Waals surface area contributed by atoms with Crippen LogP contribution in [0.2, 0.25) is 0 Å². The number of nitrogens with one attached hydrogen (secondary N) is 1. The predicted molar refractivity (Wildman–Crippen MR) is 101 cm³/mol. The molecule has 0 aliphatic carbocycles. The first-order chi connectivity index (χ1) is 13.3. The molecule has 1 unspecified atom stereocenters. The molecule has 2 aromatic rings. The fourth-order valence-electron chi connectivity index (χ4n) is 3.56. The number of amides is 1. The minimum atomic E-state index is -0.121. The highest BCUT2D eigenvalue weighted by Crippen LogP contribution is 2.36. The van der Waals surface area contributed by atoms with Gasteiger partial charge in [0.2, 0.25) is 6.79 Å². The minimum absolute atomic E-state index is 0.0118. The molecule has 1 amide bonds. The summed E-state index contributed by atoms with van der Waals surface area (Å²) in [7, 11) is 0. The van der Waals surface area contributed by atoms with Crippen LogP contribution < -0.4 is 19.5 Å². The van der Waals surface area contributed by atoms with Crippen molar-refractivity contribution in [3.05, 3.63) is 54.1 Å². The normalized spacial score (nSPS) is 16.9. The van der Waals surface area contributed by atoms with Gasteiger partial charge in [0.25, 0.3) is 5.91 Å². The molecule has 1 N–H and O–H groups in total. The molecule has 142 valence electrons. The molecule has 0 saturated carbocycles. The Labute approximate surface area is 159 Å². The summed E-state index contributed by atoms with van der Waals surface area (Å²) in [5.41, 5.74) is 1.13. The summed E-state index contributed by atoms with van der Waals surface area (Å²) < 4.78 is 16.5. The molecule has 0 aromatic heterocycles. The Morgan fingerprint density at radius 3 is 2.67 bits per heavy atom. The number of rotatable bonds is 7. The van der Waals surface area contributed by atoms with E-state index in [0.717, 1.165) is 30.2 Å². The molecule has 2 aliphatic rings. The third-order valence-electron chi connectivity index (χ3n) is 4.97. The molecule has 4 rings (SSSR count). The van der Waals surface area contributed by atoms with Gasteiger partial charge in [0.15, 0.2) is 18.1 Å². The topological polar surface area (TPSA) is 60.0 Å². The first kappa shape index (κ1) is 17.7. The summed E-state index contributed by atoms with van der Waals surface area (Å²) in [5, 5.41) is 3.02. The summed E-state index contributed by atoms with van der Waals surface area (Å²) in [4.78, 5) is 14.7. The lowest BCUT2D eigenvalue weighted by atomic mass is 10.0. The van der Waals surface area contributed by atoms with Gasteiger partial charge < -0.3 is 19.5 Å². The predicted octanol–water partition coefficient (Wildman–Crippen LogP) is 2.75. The van der Waals surface area contributed by atoms with Crippen molar-refractivity contribution >= 4 is 5.91 Å². The fraction of sp³-hybridized carbons (Fsp3) is 0.381. The fourth-order valence-corrected chi connectivity index (χ4v) is 3.56. The van der Waals surface area contributed by atoms with E-state index in [4.69, 9.17) is 14.2 Å². The van der Waals surface area contributed by atoms with Crippen LogP contribution in [0.1, 0.15) is 24.4 Å². The van der Waals surface area contributed by atoms with E-state index in [-0.39, 0.29) is 25.3 Å². The third-order valence-corrected chi connectivity index (χ3v) is 4.97. The van der Waals surface area contributed by atoms with Gasteiger partial charge in [0, 0.05) is 6.54 Å². The standard InChI is InChI=1S/C21H24N2O4/c24-21(14-25-17-6-2-1-3-7-17)22-13-18(23-10-4-5-11-23)16-8-9-19-20(12-16)27-15-26-19/h1-3,6-9,12,18H,4-5,10-11,13-15H2,(H,22,24). The van der Waals surface area contributed by atoms with Crippen molar-refractivity contribution in [3.8, 4) is 17.2 Å². The average Bonchev–Trinajstić information content (AvgIpc) is 3.39. The van der Waals surface area contributed by atoms with Gasteiger partial charge in [0.1, 0.15) is 5.75 Å². The van der Waals surface area contributed by atoms with Crippen LogP contribution in [-0.4, -0.2) is 43.8 Å². The Morgan fingerprint density at radius 2 is 1.85 bits per heavy atom. The van der Waals surface area contributed by atoms with Crippen LogP contribution in [0.3, 0.4) is 0 Å². The van der Waals surface area contributed by atoms with Crippen LogP contribution in [0.25, 0.3) is 0 Å². The van der Waals surface area contributed by atoms with Crippen molar-refractivity contribution in [2.75, 3.05) is 33.0 Å². The smallest absolute Gasteiger partial charge is 0.258 e. The van der Waals surface area contributed by atoms with Crippen molar-refractivity contribution in [3.63, 3.8) is 0 Å². The van der Waals surface area contributed by atoms with E-state index in [0.29, 0.717) is 12.3 Å². The molecule has 2 aliphatic heterocycles. The zero-order chi connectivity index (χ0) is 18.5. The number of hydrogen-bond donors (Lipinski definition) is 1. The lowest BCUT2D eigenvalue weighted by Crippen LogP contribution is -2.38. The zero-order valence-corrected chi connectivity index (χ0v) is 15.2. The number of hydrogen-bond acceptors (Lipinski definition) is 5. The quantitative estimate of drug-likeness (QED) is 0.814. The molecule has 27 heavy (non-hydrogen) atoms. The van der Waals surface area contributed by atoms with Crippen LogP contribution in [0.4, 0.5) is 0 Å². The maximum Gasteiger partial charge on any atom is 0.258 e. The average molecular weight is 368 g/mol. The third kappa shape index (κ3) is 4.34. The number of nitrogens with zero attached hydrogens (tertiary/aromatic N) is 1. The molecule has 6 nitrogen and oxygen atoms in total. The minimum Gasteiger partial charge on any atom is -0.484 e. The van der Waals surface area contributed by atoms with Crippen LogP contribution in [0.15, 0.2) is 48.5 Å². The second kappa shape index (κ2) is 8.31. The van der Waals surface area contributed by atoms with Crippen molar-refractivity contribution in [1.29, 1.82) is 0 Å². The van der Waals surface area contributed by atoms with Gasteiger partial charge in [0.05, 0.1) is 6.04 Å². The van der Waals surface area contributed by atoms with Gasteiger partial charge in [-0.05, 0) is 55.8 Å². The number of ether oxygens (including phenoxy) is 3. The van der Waals surface area contributed by atoms with Crippen molar-refractivity contribution < 1.29 is 19.0 Å². The highest BCUT2D eigenvalue weighted by Gasteiger charge is 2.26. The van der Waals surface area contributed by atoms with Crippen molar-refractivity contribution in [2.45, 2.75) is 18.9 Å². The van der Waals surface area contributed by atoms with Crippen LogP contribution >= 0.6 is 0 Å². The maximum absolute atomic E-state index is 12.3. The molecular weight excluding hydrogens is 344 g/mol. The molecule has 1 fully saturated rings. The van der Waals surface area contributed by atoms with Gasteiger partial charge in [-0.3, -0.25) is 9.69 Å². The number of benzene rings is 2. The number of para-hydroxylation sites is 1. The lowest BCUT2D eigenvalue weighted by Gasteiger charge is -2.28. The molecule has 2 aromatic carbocycles. The van der Waals surface area contributed by atoms with Crippen molar-refractivity contribution in [1.82, 2.24) is 10.2 Å². The highest BCUT2D eigenvalue weighted by molar-refractivity contribution is 5.77. The summed E-state index contributed by atoms with van der Waals surface area (Å²) >= 11 is 0. The molecular formula is C21H24N2O4. The van der Waals surface area contributed by atoms with E-state index >= 15 is 0 Å². The summed E-state index contributed by atoms with van der Waals surface area (Å²) in [6, 6.07) is 15.5. The number of likely N-dealkylation sites (tertiary alicyclic amines) is 1. The van der Waals surface area contributed by atoms with Gasteiger partial charge in [-0.15, -0.1) is 0 Å². The van der Waals surface area contributed by atoms with E-state index in [9.17, 15) is 4.79 Å². The molecule has 0 radical (unpaired) electrons. The Kier molecular flexibility index (Phi) is 5.44. The van der Waals surface area contributed by atoms with Gasteiger partial charge in [-0.2, -0.15) is 0 Å².